The second-order valence-electron chi connectivity index (χ2n) is 4.45. The van der Waals surface area contributed by atoms with Crippen LogP contribution in [-0.4, -0.2) is 4.92 Å². The number of hydrogen-bond donors (Lipinski definition) is 1. The molecule has 2 aromatic rings. The number of nitrogens with one attached hydrogen (secondary N) is 1. The standard InChI is InChI=1S/C14H11Cl2FN2O2/c1-8(11-4-2-9(17)6-12(11)15)18-14-5-3-10(19(20)21)7-13(14)16/h2-8,18H,1H3. The molecule has 4 nitrogen and oxygen atoms in total. The zero-order valence-corrected chi connectivity index (χ0v) is 12.5. The number of rotatable bonds is 4. The van der Waals surface area contributed by atoms with Crippen molar-refractivity contribution in [1.29, 1.82) is 0 Å². The van der Waals surface area contributed by atoms with Crippen LogP contribution in [-0.2, 0) is 0 Å². The molecule has 0 aliphatic heterocycles. The topological polar surface area (TPSA) is 55.2 Å². The van der Waals surface area contributed by atoms with Crippen molar-refractivity contribution in [2.75, 3.05) is 5.32 Å². The van der Waals surface area contributed by atoms with Crippen molar-refractivity contribution in [2.24, 2.45) is 0 Å². The largest absolute Gasteiger partial charge is 0.377 e. The lowest BCUT2D eigenvalue weighted by Crippen LogP contribution is -2.08. The lowest BCUT2D eigenvalue weighted by atomic mass is 10.1. The number of nitro groups is 1. The molecule has 110 valence electrons. The first-order valence-corrected chi connectivity index (χ1v) is 6.79. The Morgan fingerprint density at radius 1 is 1.19 bits per heavy atom. The van der Waals surface area contributed by atoms with E-state index in [-0.39, 0.29) is 16.8 Å². The predicted molar refractivity (Wildman–Crippen MR) is 81.6 cm³/mol. The second kappa shape index (κ2) is 6.28. The van der Waals surface area contributed by atoms with Crippen molar-refractivity contribution in [2.45, 2.75) is 13.0 Å². The van der Waals surface area contributed by atoms with E-state index in [1.807, 2.05) is 6.92 Å². The Hall–Kier alpha value is -1.85. The molecule has 0 fully saturated rings. The van der Waals surface area contributed by atoms with Crippen LogP contribution >= 0.6 is 23.2 Å². The molecule has 1 N–H and O–H groups in total. The summed E-state index contributed by atoms with van der Waals surface area (Å²) in [5.74, 6) is -0.413. The molecule has 0 bridgehead atoms. The fraction of sp³-hybridized carbons (Fsp3) is 0.143. The van der Waals surface area contributed by atoms with E-state index in [0.29, 0.717) is 16.3 Å². The summed E-state index contributed by atoms with van der Waals surface area (Å²) in [5.41, 5.74) is 1.15. The molecular formula is C14H11Cl2FN2O2. The van der Waals surface area contributed by atoms with Gasteiger partial charge in [-0.05, 0) is 30.7 Å². The Morgan fingerprint density at radius 2 is 1.90 bits per heavy atom. The molecule has 1 unspecified atom stereocenters. The van der Waals surface area contributed by atoms with E-state index in [1.54, 1.807) is 6.07 Å². The summed E-state index contributed by atoms with van der Waals surface area (Å²) >= 11 is 12.0. The summed E-state index contributed by atoms with van der Waals surface area (Å²) in [6.07, 6.45) is 0. The molecule has 21 heavy (non-hydrogen) atoms. The van der Waals surface area contributed by atoms with Crippen LogP contribution in [0.2, 0.25) is 10.0 Å². The van der Waals surface area contributed by atoms with Gasteiger partial charge in [0.2, 0.25) is 0 Å². The van der Waals surface area contributed by atoms with E-state index in [0.717, 1.165) is 0 Å². The van der Waals surface area contributed by atoms with E-state index in [1.165, 1.54) is 30.3 Å². The zero-order chi connectivity index (χ0) is 15.6. The van der Waals surface area contributed by atoms with Gasteiger partial charge in [0, 0.05) is 17.2 Å². The van der Waals surface area contributed by atoms with Gasteiger partial charge in [-0.25, -0.2) is 4.39 Å². The Labute approximate surface area is 130 Å². The van der Waals surface area contributed by atoms with Gasteiger partial charge in [-0.1, -0.05) is 29.3 Å². The third kappa shape index (κ3) is 3.62. The predicted octanol–water partition coefficient (Wildman–Crippen LogP) is 5.21. The summed E-state index contributed by atoms with van der Waals surface area (Å²) in [7, 11) is 0. The van der Waals surface area contributed by atoms with Gasteiger partial charge in [-0.3, -0.25) is 10.1 Å². The average molecular weight is 329 g/mol. The van der Waals surface area contributed by atoms with Crippen LogP contribution in [0.15, 0.2) is 36.4 Å². The molecule has 0 aliphatic rings. The van der Waals surface area contributed by atoms with Gasteiger partial charge in [-0.2, -0.15) is 0 Å². The Balaban J connectivity index is 2.23. The van der Waals surface area contributed by atoms with Crippen LogP contribution < -0.4 is 5.32 Å². The molecule has 0 saturated carbocycles. The molecule has 0 radical (unpaired) electrons. The minimum atomic E-state index is -0.518. The fourth-order valence-corrected chi connectivity index (χ4v) is 2.46. The van der Waals surface area contributed by atoms with Crippen LogP contribution in [0.25, 0.3) is 0 Å². The maximum atomic E-state index is 13.0. The van der Waals surface area contributed by atoms with Gasteiger partial charge in [0.15, 0.2) is 0 Å². The molecule has 0 amide bonds. The van der Waals surface area contributed by atoms with Gasteiger partial charge in [0.25, 0.3) is 5.69 Å². The van der Waals surface area contributed by atoms with Crippen molar-refractivity contribution in [3.63, 3.8) is 0 Å². The van der Waals surface area contributed by atoms with Gasteiger partial charge < -0.3 is 5.32 Å². The number of halogens is 3. The number of non-ortho nitro benzene ring substituents is 1. The zero-order valence-electron chi connectivity index (χ0n) is 10.9. The number of anilines is 1. The minimum Gasteiger partial charge on any atom is -0.377 e. The first-order valence-electron chi connectivity index (χ1n) is 6.04. The smallest absolute Gasteiger partial charge is 0.271 e. The lowest BCUT2D eigenvalue weighted by Gasteiger charge is -2.18. The van der Waals surface area contributed by atoms with Crippen molar-refractivity contribution >= 4 is 34.6 Å². The lowest BCUT2D eigenvalue weighted by molar-refractivity contribution is -0.384. The first kappa shape index (κ1) is 15.5. The van der Waals surface area contributed by atoms with E-state index in [2.05, 4.69) is 5.32 Å². The third-order valence-corrected chi connectivity index (χ3v) is 3.60. The Kier molecular flexibility index (Phi) is 4.65. The normalized spacial score (nSPS) is 12.0. The summed E-state index contributed by atoms with van der Waals surface area (Å²) in [4.78, 5) is 10.1. The van der Waals surface area contributed by atoms with Crippen LogP contribution in [0.4, 0.5) is 15.8 Å². The van der Waals surface area contributed by atoms with Gasteiger partial charge in [-0.15, -0.1) is 0 Å². The Bertz CT molecular complexity index is 695. The van der Waals surface area contributed by atoms with Crippen molar-refractivity contribution in [1.82, 2.24) is 0 Å². The molecule has 0 heterocycles. The van der Waals surface area contributed by atoms with E-state index < -0.39 is 10.7 Å². The van der Waals surface area contributed by atoms with Gasteiger partial charge in [0.05, 0.1) is 21.7 Å². The highest BCUT2D eigenvalue weighted by molar-refractivity contribution is 6.33. The highest BCUT2D eigenvalue weighted by atomic mass is 35.5. The quantitative estimate of drug-likeness (QED) is 0.618. The van der Waals surface area contributed by atoms with E-state index in [4.69, 9.17) is 23.2 Å². The summed E-state index contributed by atoms with van der Waals surface area (Å²) in [6, 6.07) is 8.03. The third-order valence-electron chi connectivity index (χ3n) is 2.96. The molecule has 2 aromatic carbocycles. The van der Waals surface area contributed by atoms with Crippen LogP contribution in [0, 0.1) is 15.9 Å². The second-order valence-corrected chi connectivity index (χ2v) is 5.27. The summed E-state index contributed by atoms with van der Waals surface area (Å²) in [6.45, 7) is 1.83. The van der Waals surface area contributed by atoms with Gasteiger partial charge in [0.1, 0.15) is 5.82 Å². The summed E-state index contributed by atoms with van der Waals surface area (Å²) < 4.78 is 13.0. The average Bonchev–Trinajstić information content (AvgIpc) is 2.40. The Morgan fingerprint density at radius 3 is 2.48 bits per heavy atom. The molecule has 0 aliphatic carbocycles. The molecule has 1 atom stereocenters. The maximum absolute atomic E-state index is 13.0. The molecule has 0 spiro atoms. The molecular weight excluding hydrogens is 318 g/mol. The van der Waals surface area contributed by atoms with Gasteiger partial charge >= 0.3 is 0 Å². The highest BCUT2D eigenvalue weighted by Gasteiger charge is 2.14. The molecule has 7 heteroatoms. The first-order chi connectivity index (χ1) is 9.88. The van der Waals surface area contributed by atoms with E-state index in [9.17, 15) is 14.5 Å². The number of nitro benzene ring substituents is 1. The van der Waals surface area contributed by atoms with Crippen LogP contribution in [0.1, 0.15) is 18.5 Å². The monoisotopic (exact) mass is 328 g/mol. The maximum Gasteiger partial charge on any atom is 0.271 e. The van der Waals surface area contributed by atoms with Crippen molar-refractivity contribution in [3.8, 4) is 0 Å². The SMILES string of the molecule is CC(Nc1ccc([N+](=O)[O-])cc1Cl)c1ccc(F)cc1Cl. The van der Waals surface area contributed by atoms with Crippen LogP contribution in [0.3, 0.4) is 0 Å². The minimum absolute atomic E-state index is 0.0852. The number of nitrogens with zero attached hydrogens (tertiary/aromatic N) is 1. The number of hydrogen-bond acceptors (Lipinski definition) is 3. The van der Waals surface area contributed by atoms with Crippen molar-refractivity contribution < 1.29 is 9.31 Å². The summed E-state index contributed by atoms with van der Waals surface area (Å²) in [5, 5.41) is 14.3. The number of benzene rings is 2. The molecule has 0 saturated heterocycles. The molecule has 2 rings (SSSR count). The highest BCUT2D eigenvalue weighted by Crippen LogP contribution is 2.31. The van der Waals surface area contributed by atoms with Crippen LogP contribution in [0.5, 0.6) is 0 Å². The van der Waals surface area contributed by atoms with Crippen molar-refractivity contribution in [3.05, 3.63) is 67.9 Å². The molecule has 0 aromatic heterocycles. The fourth-order valence-electron chi connectivity index (χ4n) is 1.90. The van der Waals surface area contributed by atoms with E-state index >= 15 is 0 Å².